The van der Waals surface area contributed by atoms with E-state index in [-0.39, 0.29) is 5.91 Å². The van der Waals surface area contributed by atoms with Gasteiger partial charge in [-0.1, -0.05) is 18.2 Å². The third-order valence-electron chi connectivity index (χ3n) is 4.10. The van der Waals surface area contributed by atoms with Crippen LogP contribution in [-0.2, 0) is 4.79 Å². The van der Waals surface area contributed by atoms with E-state index in [1.165, 1.54) is 0 Å². The number of rotatable bonds is 7. The number of amides is 1. The maximum atomic E-state index is 12.2. The lowest BCUT2D eigenvalue weighted by molar-refractivity contribution is -0.127. The van der Waals surface area contributed by atoms with Gasteiger partial charge in [0.25, 0.3) is 5.91 Å². The Hall–Kier alpha value is -2.49. The number of carbonyl (C=O) groups excluding carboxylic acids is 1. The Balaban J connectivity index is 1.80. The number of benzene rings is 2. The Morgan fingerprint density at radius 3 is 2.56 bits per heavy atom. The van der Waals surface area contributed by atoms with Gasteiger partial charge < -0.3 is 14.8 Å². The van der Waals surface area contributed by atoms with Gasteiger partial charge in [0.05, 0.1) is 6.54 Å². The lowest BCUT2D eigenvalue weighted by atomic mass is 10.1. The summed E-state index contributed by atoms with van der Waals surface area (Å²) in [5.74, 6) is 1.42. The molecule has 0 aliphatic carbocycles. The van der Waals surface area contributed by atoms with Gasteiger partial charge in [-0.25, -0.2) is 0 Å². The van der Waals surface area contributed by atoms with E-state index in [0.29, 0.717) is 13.2 Å². The van der Waals surface area contributed by atoms with Crippen molar-refractivity contribution < 1.29 is 14.3 Å². The Labute approximate surface area is 150 Å². The van der Waals surface area contributed by atoms with Crippen LogP contribution in [0.3, 0.4) is 0 Å². The molecule has 0 saturated heterocycles. The van der Waals surface area contributed by atoms with Crippen LogP contribution < -0.4 is 14.8 Å². The van der Waals surface area contributed by atoms with Crippen molar-refractivity contribution in [2.75, 3.05) is 13.2 Å². The van der Waals surface area contributed by atoms with Crippen LogP contribution in [0.5, 0.6) is 11.5 Å². The second kappa shape index (κ2) is 8.56. The van der Waals surface area contributed by atoms with Crippen molar-refractivity contribution in [3.63, 3.8) is 0 Å². The van der Waals surface area contributed by atoms with Gasteiger partial charge in [-0.2, -0.15) is 0 Å². The van der Waals surface area contributed by atoms with Gasteiger partial charge in [-0.05, 0) is 75.1 Å². The summed E-state index contributed by atoms with van der Waals surface area (Å²) in [7, 11) is 0. The third kappa shape index (κ3) is 5.52. The molecule has 2 aromatic rings. The largest absolute Gasteiger partial charge is 0.492 e. The average Bonchev–Trinajstić information content (AvgIpc) is 2.56. The first-order valence-electron chi connectivity index (χ1n) is 8.58. The summed E-state index contributed by atoms with van der Waals surface area (Å²) in [4.78, 5) is 12.2. The Kier molecular flexibility index (Phi) is 6.45. The number of aryl methyl sites for hydroxylation is 3. The van der Waals surface area contributed by atoms with E-state index in [2.05, 4.69) is 11.4 Å². The summed E-state index contributed by atoms with van der Waals surface area (Å²) in [6.07, 6.45) is -0.557. The summed E-state index contributed by atoms with van der Waals surface area (Å²) >= 11 is 0. The maximum Gasteiger partial charge on any atom is 0.260 e. The highest BCUT2D eigenvalue weighted by molar-refractivity contribution is 5.80. The summed E-state index contributed by atoms with van der Waals surface area (Å²) in [6.45, 7) is 10.7. The fourth-order valence-electron chi connectivity index (χ4n) is 2.56. The highest BCUT2D eigenvalue weighted by Gasteiger charge is 2.16. The summed E-state index contributed by atoms with van der Waals surface area (Å²) in [5.41, 5.74) is 4.49. The van der Waals surface area contributed by atoms with Crippen LogP contribution in [0.1, 0.15) is 29.2 Å². The van der Waals surface area contributed by atoms with Crippen molar-refractivity contribution in [1.82, 2.24) is 5.32 Å². The van der Waals surface area contributed by atoms with Crippen LogP contribution in [0.15, 0.2) is 36.4 Å². The molecule has 1 amide bonds. The van der Waals surface area contributed by atoms with Gasteiger partial charge in [0.15, 0.2) is 6.10 Å². The van der Waals surface area contributed by atoms with Crippen molar-refractivity contribution in [2.24, 2.45) is 0 Å². The quantitative estimate of drug-likeness (QED) is 0.778. The van der Waals surface area contributed by atoms with E-state index in [9.17, 15) is 4.79 Å². The monoisotopic (exact) mass is 341 g/mol. The van der Waals surface area contributed by atoms with Crippen molar-refractivity contribution in [2.45, 2.75) is 40.7 Å². The number of carbonyl (C=O) groups is 1. The predicted molar refractivity (Wildman–Crippen MR) is 100 cm³/mol. The molecule has 4 nitrogen and oxygen atoms in total. The summed E-state index contributed by atoms with van der Waals surface area (Å²) in [5, 5.41) is 2.85. The molecule has 0 spiro atoms. The minimum atomic E-state index is -0.557. The van der Waals surface area contributed by atoms with E-state index in [1.54, 1.807) is 6.92 Å². The van der Waals surface area contributed by atoms with E-state index in [4.69, 9.17) is 9.47 Å². The minimum absolute atomic E-state index is 0.147. The predicted octanol–water partition coefficient (Wildman–Crippen LogP) is 3.88. The zero-order valence-corrected chi connectivity index (χ0v) is 15.7. The molecule has 25 heavy (non-hydrogen) atoms. The first-order chi connectivity index (χ1) is 11.9. The number of hydrogen-bond donors (Lipinski definition) is 1. The molecular weight excluding hydrogens is 314 g/mol. The smallest absolute Gasteiger partial charge is 0.260 e. The number of hydrogen-bond acceptors (Lipinski definition) is 3. The van der Waals surface area contributed by atoms with Gasteiger partial charge in [0.1, 0.15) is 18.1 Å². The molecule has 2 rings (SSSR count). The minimum Gasteiger partial charge on any atom is -0.492 e. The molecule has 0 unspecified atom stereocenters. The Morgan fingerprint density at radius 1 is 1.08 bits per heavy atom. The molecule has 1 atom stereocenters. The lowest BCUT2D eigenvalue weighted by Crippen LogP contribution is -2.38. The molecule has 1 N–H and O–H groups in total. The molecule has 0 aromatic heterocycles. The molecule has 134 valence electrons. The summed E-state index contributed by atoms with van der Waals surface area (Å²) in [6, 6.07) is 11.9. The second-order valence-corrected chi connectivity index (χ2v) is 6.42. The Bertz CT molecular complexity index is 740. The van der Waals surface area contributed by atoms with Gasteiger partial charge in [-0.15, -0.1) is 0 Å². The molecule has 2 aromatic carbocycles. The van der Waals surface area contributed by atoms with Crippen LogP contribution in [0, 0.1) is 27.7 Å². The van der Waals surface area contributed by atoms with Crippen molar-refractivity contribution >= 4 is 5.91 Å². The van der Waals surface area contributed by atoms with Gasteiger partial charge >= 0.3 is 0 Å². The molecule has 0 heterocycles. The van der Waals surface area contributed by atoms with Crippen molar-refractivity contribution in [3.05, 3.63) is 58.7 Å². The van der Waals surface area contributed by atoms with Gasteiger partial charge in [-0.3, -0.25) is 4.79 Å². The molecule has 0 aliphatic heterocycles. The average molecular weight is 341 g/mol. The lowest BCUT2D eigenvalue weighted by Gasteiger charge is -2.18. The highest BCUT2D eigenvalue weighted by Crippen LogP contribution is 2.24. The first kappa shape index (κ1) is 18.8. The molecular formula is C21H27NO3. The van der Waals surface area contributed by atoms with Crippen molar-refractivity contribution in [3.8, 4) is 11.5 Å². The van der Waals surface area contributed by atoms with E-state index in [0.717, 1.165) is 33.8 Å². The third-order valence-corrected chi connectivity index (χ3v) is 4.10. The highest BCUT2D eigenvalue weighted by atomic mass is 16.5. The number of ether oxygens (including phenoxy) is 2. The molecule has 0 aliphatic rings. The van der Waals surface area contributed by atoms with E-state index < -0.39 is 6.10 Å². The van der Waals surface area contributed by atoms with Crippen LogP contribution in [0.2, 0.25) is 0 Å². The standard InChI is InChI=1S/C21H27NO3/c1-14-7-6-8-19(12-14)24-10-9-22-21(23)18(5)25-20-13-15(2)11-16(3)17(20)4/h6-8,11-13,18H,9-10H2,1-5H3,(H,22,23)/t18-/m1/s1. The van der Waals surface area contributed by atoms with Crippen LogP contribution >= 0.6 is 0 Å². The van der Waals surface area contributed by atoms with Crippen molar-refractivity contribution in [1.29, 1.82) is 0 Å². The fraction of sp³-hybridized carbons (Fsp3) is 0.381. The van der Waals surface area contributed by atoms with Gasteiger partial charge in [0, 0.05) is 0 Å². The normalized spacial score (nSPS) is 11.7. The molecule has 0 saturated carbocycles. The zero-order chi connectivity index (χ0) is 18.4. The molecule has 0 fully saturated rings. The van der Waals surface area contributed by atoms with E-state index in [1.807, 2.05) is 58.0 Å². The van der Waals surface area contributed by atoms with Crippen LogP contribution in [-0.4, -0.2) is 25.2 Å². The number of nitrogens with one attached hydrogen (secondary N) is 1. The molecule has 0 radical (unpaired) electrons. The van der Waals surface area contributed by atoms with Crippen LogP contribution in [0.25, 0.3) is 0 Å². The SMILES string of the molecule is Cc1cccc(OCCNC(=O)[C@@H](C)Oc2cc(C)cc(C)c2C)c1. The second-order valence-electron chi connectivity index (χ2n) is 6.42. The molecule has 0 bridgehead atoms. The zero-order valence-electron chi connectivity index (χ0n) is 15.7. The topological polar surface area (TPSA) is 47.6 Å². The van der Waals surface area contributed by atoms with Crippen LogP contribution in [0.4, 0.5) is 0 Å². The molecule has 4 heteroatoms. The first-order valence-corrected chi connectivity index (χ1v) is 8.58. The Morgan fingerprint density at radius 2 is 1.84 bits per heavy atom. The summed E-state index contributed by atoms with van der Waals surface area (Å²) < 4.78 is 11.5. The van der Waals surface area contributed by atoms with E-state index >= 15 is 0 Å². The maximum absolute atomic E-state index is 12.2. The van der Waals surface area contributed by atoms with Gasteiger partial charge in [0.2, 0.25) is 0 Å². The fourth-order valence-corrected chi connectivity index (χ4v) is 2.56.